The molecule has 0 bridgehead atoms. The van der Waals surface area contributed by atoms with Crippen LogP contribution in [0.4, 0.5) is 5.69 Å². The van der Waals surface area contributed by atoms with Gasteiger partial charge >= 0.3 is 0 Å². The number of nitrogen functional groups attached to an aromatic ring is 1. The molecule has 3 N–H and O–H groups in total. The summed E-state index contributed by atoms with van der Waals surface area (Å²) in [7, 11) is 2.01. The average Bonchev–Trinajstić information content (AvgIpc) is 2.73. The Morgan fingerprint density at radius 1 is 1.28 bits per heavy atom. The Morgan fingerprint density at radius 2 is 2.00 bits per heavy atom. The summed E-state index contributed by atoms with van der Waals surface area (Å²) in [5, 5.41) is 0. The fourth-order valence-electron chi connectivity index (χ4n) is 1.73. The zero-order valence-corrected chi connectivity index (χ0v) is 11.3. The molecule has 0 aliphatic heterocycles. The van der Waals surface area contributed by atoms with E-state index in [1.165, 1.54) is 5.56 Å². The first-order chi connectivity index (χ1) is 8.24. The molecule has 1 aromatic carbocycles. The molecular formula is C13H19ClN4. The van der Waals surface area contributed by atoms with Crippen LogP contribution in [0.3, 0.4) is 0 Å². The standard InChI is InChI=1S/C13H19N4.ClH/c1-16-9-10-17(11-16)15-8-2-3-12-4-6-13(14)7-5-12;/h4-7,9-11,15H,2-3,8,14H2,1H3;1H/q+1;/p-1. The number of anilines is 1. The number of rotatable bonds is 5. The molecule has 0 atom stereocenters. The molecule has 1 aromatic heterocycles. The highest BCUT2D eigenvalue weighted by molar-refractivity contribution is 5.39. The Kier molecular flexibility index (Phi) is 5.52. The van der Waals surface area contributed by atoms with Crippen molar-refractivity contribution in [1.82, 2.24) is 4.68 Å². The smallest absolute Gasteiger partial charge is 0.266 e. The molecule has 0 amide bonds. The normalized spacial score (nSPS) is 9.83. The highest BCUT2D eigenvalue weighted by Crippen LogP contribution is 2.07. The fourth-order valence-corrected chi connectivity index (χ4v) is 1.73. The molecule has 2 aromatic rings. The van der Waals surface area contributed by atoms with E-state index in [0.717, 1.165) is 25.1 Å². The lowest BCUT2D eigenvalue weighted by atomic mass is 10.1. The quantitative estimate of drug-likeness (QED) is 0.376. The minimum absolute atomic E-state index is 0. The van der Waals surface area contributed by atoms with Gasteiger partial charge in [-0.15, -0.1) is 4.68 Å². The number of halogens is 1. The molecule has 98 valence electrons. The summed E-state index contributed by atoms with van der Waals surface area (Å²) in [6, 6.07) is 8.08. The summed E-state index contributed by atoms with van der Waals surface area (Å²) in [5.74, 6) is 0. The van der Waals surface area contributed by atoms with Crippen molar-refractivity contribution in [3.63, 3.8) is 0 Å². The first kappa shape index (κ1) is 14.4. The Morgan fingerprint density at radius 3 is 2.61 bits per heavy atom. The van der Waals surface area contributed by atoms with Gasteiger partial charge in [-0.1, -0.05) is 12.1 Å². The number of benzene rings is 1. The van der Waals surface area contributed by atoms with E-state index in [1.807, 2.05) is 47.1 Å². The summed E-state index contributed by atoms with van der Waals surface area (Å²) in [4.78, 5) is 0. The van der Waals surface area contributed by atoms with Gasteiger partial charge in [0, 0.05) is 5.69 Å². The Hall–Kier alpha value is -1.68. The van der Waals surface area contributed by atoms with Crippen LogP contribution >= 0.6 is 0 Å². The molecule has 2 rings (SSSR count). The van der Waals surface area contributed by atoms with Gasteiger partial charge < -0.3 is 18.1 Å². The second-order valence-corrected chi connectivity index (χ2v) is 4.24. The molecule has 0 aliphatic carbocycles. The molecule has 0 aliphatic rings. The molecule has 4 nitrogen and oxygen atoms in total. The van der Waals surface area contributed by atoms with Crippen molar-refractivity contribution in [3.05, 3.63) is 48.5 Å². The number of hydrogen-bond donors (Lipinski definition) is 2. The number of nitrogens with one attached hydrogen (secondary N) is 1. The largest absolute Gasteiger partial charge is 1.00 e. The molecular weight excluding hydrogens is 248 g/mol. The van der Waals surface area contributed by atoms with Crippen LogP contribution in [-0.2, 0) is 13.5 Å². The number of imidazole rings is 1. The lowest BCUT2D eigenvalue weighted by Crippen LogP contribution is -3.00. The Bertz CT molecular complexity index is 464. The third kappa shape index (κ3) is 4.30. The second kappa shape index (κ2) is 6.91. The average molecular weight is 267 g/mol. The minimum atomic E-state index is 0. The van der Waals surface area contributed by atoms with Crippen molar-refractivity contribution in [2.45, 2.75) is 12.8 Å². The number of aromatic nitrogens is 2. The van der Waals surface area contributed by atoms with Gasteiger partial charge in [0.05, 0.1) is 13.6 Å². The summed E-state index contributed by atoms with van der Waals surface area (Å²) in [6.07, 6.45) is 8.19. The maximum Gasteiger partial charge on any atom is 0.266 e. The molecule has 18 heavy (non-hydrogen) atoms. The van der Waals surface area contributed by atoms with E-state index < -0.39 is 0 Å². The van der Waals surface area contributed by atoms with Crippen molar-refractivity contribution in [3.8, 4) is 0 Å². The number of nitrogens with two attached hydrogens (primary N) is 1. The molecule has 0 spiro atoms. The van der Waals surface area contributed by atoms with E-state index in [9.17, 15) is 0 Å². The van der Waals surface area contributed by atoms with Gasteiger partial charge in [0.15, 0.2) is 6.20 Å². The molecule has 0 saturated heterocycles. The van der Waals surface area contributed by atoms with Crippen LogP contribution in [0.5, 0.6) is 0 Å². The SMILES string of the molecule is C[n+]1ccn(NCCCc2ccc(N)cc2)c1.[Cl-]. The van der Waals surface area contributed by atoms with E-state index in [2.05, 4.69) is 17.6 Å². The summed E-state index contributed by atoms with van der Waals surface area (Å²) >= 11 is 0. The van der Waals surface area contributed by atoms with Crippen molar-refractivity contribution >= 4 is 5.69 Å². The first-order valence-corrected chi connectivity index (χ1v) is 5.85. The number of aryl methyl sites for hydroxylation is 2. The maximum atomic E-state index is 5.64. The van der Waals surface area contributed by atoms with Gasteiger partial charge in [0.2, 0.25) is 0 Å². The van der Waals surface area contributed by atoms with Gasteiger partial charge in [0.25, 0.3) is 6.33 Å². The molecule has 0 unspecified atom stereocenters. The topological polar surface area (TPSA) is 46.9 Å². The number of nitrogens with zero attached hydrogens (tertiary/aromatic N) is 2. The van der Waals surface area contributed by atoms with Crippen LogP contribution in [0.25, 0.3) is 0 Å². The molecule has 1 heterocycles. The molecule has 0 saturated carbocycles. The van der Waals surface area contributed by atoms with E-state index in [1.54, 1.807) is 0 Å². The zero-order valence-electron chi connectivity index (χ0n) is 10.5. The van der Waals surface area contributed by atoms with Gasteiger partial charge in [-0.3, -0.25) is 5.43 Å². The molecule has 0 fully saturated rings. The maximum absolute atomic E-state index is 5.64. The highest BCUT2D eigenvalue weighted by atomic mass is 35.5. The van der Waals surface area contributed by atoms with Crippen molar-refractivity contribution in [1.29, 1.82) is 0 Å². The van der Waals surface area contributed by atoms with Crippen molar-refractivity contribution in [2.24, 2.45) is 7.05 Å². The Balaban J connectivity index is 0.00000162. The molecule has 0 radical (unpaired) electrons. The summed E-state index contributed by atoms with van der Waals surface area (Å²) in [5.41, 5.74) is 11.1. The van der Waals surface area contributed by atoms with Crippen LogP contribution in [0.2, 0.25) is 0 Å². The zero-order chi connectivity index (χ0) is 12.1. The number of hydrogen-bond acceptors (Lipinski definition) is 2. The predicted molar refractivity (Wildman–Crippen MR) is 69.0 cm³/mol. The van der Waals surface area contributed by atoms with E-state index in [0.29, 0.717) is 0 Å². The van der Waals surface area contributed by atoms with E-state index in [-0.39, 0.29) is 12.4 Å². The van der Waals surface area contributed by atoms with Crippen LogP contribution in [-0.4, -0.2) is 11.2 Å². The van der Waals surface area contributed by atoms with Crippen LogP contribution in [0.15, 0.2) is 43.0 Å². The van der Waals surface area contributed by atoms with Crippen molar-refractivity contribution in [2.75, 3.05) is 17.7 Å². The first-order valence-electron chi connectivity index (χ1n) is 5.85. The Labute approximate surface area is 114 Å². The van der Waals surface area contributed by atoms with Gasteiger partial charge in [-0.2, -0.15) is 0 Å². The third-order valence-corrected chi connectivity index (χ3v) is 2.69. The minimum Gasteiger partial charge on any atom is -1.00 e. The van der Waals surface area contributed by atoms with E-state index in [4.69, 9.17) is 5.73 Å². The van der Waals surface area contributed by atoms with Crippen LogP contribution in [0.1, 0.15) is 12.0 Å². The fraction of sp³-hybridized carbons (Fsp3) is 0.308. The summed E-state index contributed by atoms with van der Waals surface area (Å²) < 4.78 is 3.98. The monoisotopic (exact) mass is 266 g/mol. The predicted octanol–water partition coefficient (Wildman–Crippen LogP) is -1.92. The van der Waals surface area contributed by atoms with Crippen molar-refractivity contribution < 1.29 is 17.0 Å². The second-order valence-electron chi connectivity index (χ2n) is 4.24. The molecule has 5 heteroatoms. The summed E-state index contributed by atoms with van der Waals surface area (Å²) in [6.45, 7) is 0.957. The van der Waals surface area contributed by atoms with E-state index >= 15 is 0 Å². The van der Waals surface area contributed by atoms with Gasteiger partial charge in [-0.05, 0) is 30.5 Å². The highest BCUT2D eigenvalue weighted by Gasteiger charge is 1.98. The third-order valence-electron chi connectivity index (χ3n) is 2.69. The van der Waals surface area contributed by atoms with Gasteiger partial charge in [0.1, 0.15) is 6.20 Å². The lowest BCUT2D eigenvalue weighted by molar-refractivity contribution is -0.670. The lowest BCUT2D eigenvalue weighted by Gasteiger charge is -2.03. The van der Waals surface area contributed by atoms with Crippen LogP contribution in [0, 0.1) is 0 Å². The van der Waals surface area contributed by atoms with Crippen LogP contribution < -0.4 is 28.1 Å². The van der Waals surface area contributed by atoms with Gasteiger partial charge in [-0.25, -0.2) is 4.57 Å².